The predicted molar refractivity (Wildman–Crippen MR) is 102 cm³/mol. The highest BCUT2D eigenvalue weighted by Crippen LogP contribution is 2.38. The van der Waals surface area contributed by atoms with Crippen molar-refractivity contribution in [1.82, 2.24) is 0 Å². The van der Waals surface area contributed by atoms with E-state index in [1.165, 1.54) is 43.4 Å². The van der Waals surface area contributed by atoms with E-state index >= 15 is 0 Å². The van der Waals surface area contributed by atoms with Crippen LogP contribution in [0.25, 0.3) is 0 Å². The van der Waals surface area contributed by atoms with Crippen LogP contribution < -0.4 is 5.01 Å². The largest absolute Gasteiger partial charge is 0.262 e. The van der Waals surface area contributed by atoms with Crippen molar-refractivity contribution in [3.8, 4) is 0 Å². The molecular weight excluding hydrogens is 339 g/mol. The number of anilines is 1. The summed E-state index contributed by atoms with van der Waals surface area (Å²) in [6.45, 7) is 0. The average Bonchev–Trinajstić information content (AvgIpc) is 2.78. The number of halogens is 2. The molecule has 1 fully saturated rings. The van der Waals surface area contributed by atoms with E-state index in [9.17, 15) is 0 Å². The van der Waals surface area contributed by atoms with E-state index in [0.717, 1.165) is 15.7 Å². The molecular formula is C20H20Cl2N2. The monoisotopic (exact) mass is 358 g/mol. The van der Waals surface area contributed by atoms with Crippen molar-refractivity contribution in [3.05, 3.63) is 64.1 Å². The fourth-order valence-electron chi connectivity index (χ4n) is 3.90. The number of hydrogen-bond acceptors (Lipinski definition) is 2. The van der Waals surface area contributed by atoms with Gasteiger partial charge in [0.05, 0.1) is 17.4 Å². The zero-order valence-corrected chi connectivity index (χ0v) is 15.0. The Morgan fingerprint density at radius 2 is 1.42 bits per heavy atom. The maximum atomic E-state index is 6.06. The summed E-state index contributed by atoms with van der Waals surface area (Å²) in [5, 5.41) is 8.79. The molecule has 2 aromatic rings. The molecule has 0 radical (unpaired) electrons. The van der Waals surface area contributed by atoms with E-state index in [0.29, 0.717) is 12.0 Å². The van der Waals surface area contributed by atoms with Gasteiger partial charge in [0.15, 0.2) is 0 Å². The molecule has 4 heteroatoms. The minimum Gasteiger partial charge on any atom is -0.262 e. The van der Waals surface area contributed by atoms with Gasteiger partial charge in [0.25, 0.3) is 0 Å². The Labute approximate surface area is 153 Å². The van der Waals surface area contributed by atoms with Crippen LogP contribution in [0.2, 0.25) is 10.0 Å². The first-order valence-corrected chi connectivity index (χ1v) is 9.37. The fraction of sp³-hybridized carbons (Fsp3) is 0.350. The first-order chi connectivity index (χ1) is 11.7. The summed E-state index contributed by atoms with van der Waals surface area (Å²) < 4.78 is 0. The van der Waals surface area contributed by atoms with Crippen molar-refractivity contribution >= 4 is 34.6 Å². The van der Waals surface area contributed by atoms with Crippen LogP contribution >= 0.6 is 23.2 Å². The third-order valence-electron chi connectivity index (χ3n) is 5.09. The molecule has 0 saturated heterocycles. The molecule has 4 rings (SSSR count). The molecule has 24 heavy (non-hydrogen) atoms. The first kappa shape index (κ1) is 16.0. The van der Waals surface area contributed by atoms with Crippen molar-refractivity contribution in [2.24, 2.45) is 11.0 Å². The number of benzene rings is 2. The lowest BCUT2D eigenvalue weighted by atomic mass is 9.87. The summed E-state index contributed by atoms with van der Waals surface area (Å²) in [5.41, 5.74) is 3.52. The third-order valence-corrected chi connectivity index (χ3v) is 5.60. The van der Waals surface area contributed by atoms with Gasteiger partial charge in [0, 0.05) is 16.0 Å². The van der Waals surface area contributed by atoms with Crippen LogP contribution in [0, 0.1) is 5.92 Å². The number of fused-ring (bicyclic) bond motifs is 1. The molecule has 0 amide bonds. The summed E-state index contributed by atoms with van der Waals surface area (Å²) in [6, 6.07) is 16.6. The second-order valence-corrected chi connectivity index (χ2v) is 7.50. The summed E-state index contributed by atoms with van der Waals surface area (Å²) in [7, 11) is 0. The van der Waals surface area contributed by atoms with E-state index in [-0.39, 0.29) is 0 Å². The zero-order valence-electron chi connectivity index (χ0n) is 13.5. The van der Waals surface area contributed by atoms with E-state index in [1.807, 2.05) is 24.3 Å². The molecule has 0 N–H and O–H groups in total. The van der Waals surface area contributed by atoms with Gasteiger partial charge < -0.3 is 0 Å². The van der Waals surface area contributed by atoms with E-state index < -0.39 is 0 Å². The molecule has 2 aliphatic rings. The van der Waals surface area contributed by atoms with Crippen LogP contribution in [0.3, 0.4) is 0 Å². The van der Waals surface area contributed by atoms with E-state index in [2.05, 4.69) is 29.3 Å². The lowest BCUT2D eigenvalue weighted by molar-refractivity contribution is 0.501. The average molecular weight is 359 g/mol. The van der Waals surface area contributed by atoms with Crippen molar-refractivity contribution < 1.29 is 0 Å². The van der Waals surface area contributed by atoms with Crippen LogP contribution in [0.5, 0.6) is 0 Å². The molecule has 2 nitrogen and oxygen atoms in total. The summed E-state index contributed by atoms with van der Waals surface area (Å²) in [4.78, 5) is 0. The van der Waals surface area contributed by atoms with Gasteiger partial charge in [-0.3, -0.25) is 5.01 Å². The van der Waals surface area contributed by atoms with Crippen LogP contribution in [0.15, 0.2) is 53.6 Å². The van der Waals surface area contributed by atoms with Crippen LogP contribution in [-0.2, 0) is 0 Å². The minimum atomic E-state index is 0.444. The molecule has 2 aromatic carbocycles. The van der Waals surface area contributed by atoms with Gasteiger partial charge in [0.2, 0.25) is 0 Å². The Kier molecular flexibility index (Phi) is 4.51. The minimum absolute atomic E-state index is 0.444. The molecule has 2 atom stereocenters. The molecule has 1 aliphatic heterocycles. The zero-order chi connectivity index (χ0) is 16.5. The normalized spacial score (nSPS) is 23.6. The maximum Gasteiger partial charge on any atom is 0.0734 e. The second-order valence-electron chi connectivity index (χ2n) is 6.62. The van der Waals surface area contributed by atoms with Crippen LogP contribution in [-0.4, -0.2) is 11.8 Å². The van der Waals surface area contributed by atoms with Gasteiger partial charge >= 0.3 is 0 Å². The van der Waals surface area contributed by atoms with Crippen molar-refractivity contribution in [2.75, 3.05) is 5.01 Å². The smallest absolute Gasteiger partial charge is 0.0734 e. The molecule has 1 saturated carbocycles. The lowest BCUT2D eigenvalue weighted by Crippen LogP contribution is -2.32. The van der Waals surface area contributed by atoms with E-state index in [4.69, 9.17) is 28.3 Å². The Balaban J connectivity index is 1.74. The molecule has 0 bridgehead atoms. The Bertz CT molecular complexity index is 737. The first-order valence-electron chi connectivity index (χ1n) is 8.61. The lowest BCUT2D eigenvalue weighted by Gasteiger charge is -2.26. The Hall–Kier alpha value is -1.51. The molecule has 0 aromatic heterocycles. The van der Waals surface area contributed by atoms with Crippen molar-refractivity contribution in [1.29, 1.82) is 0 Å². The SMILES string of the molecule is Clc1ccc(C2=NN(c3ccc(Cl)cc3)C3CCCCCC23)cc1. The molecule has 2 unspecified atom stereocenters. The maximum absolute atomic E-state index is 6.06. The predicted octanol–water partition coefficient (Wildman–Crippen LogP) is 6.17. The van der Waals surface area contributed by atoms with Gasteiger partial charge in [-0.05, 0) is 54.8 Å². The summed E-state index contributed by atoms with van der Waals surface area (Å²) >= 11 is 12.1. The summed E-state index contributed by atoms with van der Waals surface area (Å²) in [5.74, 6) is 0.490. The molecule has 124 valence electrons. The molecule has 0 spiro atoms. The highest BCUT2D eigenvalue weighted by atomic mass is 35.5. The van der Waals surface area contributed by atoms with Gasteiger partial charge in [-0.25, -0.2) is 0 Å². The second kappa shape index (κ2) is 6.78. The summed E-state index contributed by atoms with van der Waals surface area (Å²) in [6.07, 6.45) is 6.26. The molecule has 1 heterocycles. The van der Waals surface area contributed by atoms with Gasteiger partial charge in [-0.1, -0.05) is 54.6 Å². The quantitative estimate of drug-likeness (QED) is 0.626. The van der Waals surface area contributed by atoms with Gasteiger partial charge in [-0.2, -0.15) is 5.10 Å². The Morgan fingerprint density at radius 3 is 2.12 bits per heavy atom. The Morgan fingerprint density at radius 1 is 0.792 bits per heavy atom. The van der Waals surface area contributed by atoms with Gasteiger partial charge in [-0.15, -0.1) is 0 Å². The standard InChI is InChI=1S/C20H20Cl2N2/c21-15-8-6-14(7-9-15)20-18-4-2-1-3-5-19(18)24(23-20)17-12-10-16(22)11-13-17/h6-13,18-19H,1-5H2. The topological polar surface area (TPSA) is 15.6 Å². The third kappa shape index (κ3) is 3.05. The van der Waals surface area contributed by atoms with Gasteiger partial charge in [0.1, 0.15) is 0 Å². The van der Waals surface area contributed by atoms with Crippen molar-refractivity contribution in [3.63, 3.8) is 0 Å². The number of rotatable bonds is 2. The highest BCUT2D eigenvalue weighted by molar-refractivity contribution is 6.31. The van der Waals surface area contributed by atoms with Crippen LogP contribution in [0.1, 0.15) is 37.7 Å². The van der Waals surface area contributed by atoms with Crippen molar-refractivity contribution in [2.45, 2.75) is 38.1 Å². The highest BCUT2D eigenvalue weighted by Gasteiger charge is 2.38. The van der Waals surface area contributed by atoms with E-state index in [1.54, 1.807) is 0 Å². The van der Waals surface area contributed by atoms with Crippen LogP contribution in [0.4, 0.5) is 5.69 Å². The number of hydrogen-bond donors (Lipinski definition) is 0. The fourth-order valence-corrected chi connectivity index (χ4v) is 4.15. The molecule has 1 aliphatic carbocycles. The number of hydrazone groups is 1. The number of nitrogens with zero attached hydrogens (tertiary/aromatic N) is 2.